The molecule has 0 unspecified atom stereocenters. The van der Waals surface area contributed by atoms with Gasteiger partial charge in [0.25, 0.3) is 0 Å². The molecule has 0 fully saturated rings. The summed E-state index contributed by atoms with van der Waals surface area (Å²) in [4.78, 5) is 1.20. The fourth-order valence-electron chi connectivity index (χ4n) is 2.72. The fraction of sp³-hybridized carbons (Fsp3) is 0.267. The van der Waals surface area contributed by atoms with Gasteiger partial charge in [-0.15, -0.1) is 11.3 Å². The third kappa shape index (κ3) is 2.05. The normalized spacial score (nSPS) is 16.2. The van der Waals surface area contributed by atoms with Gasteiger partial charge in [-0.2, -0.15) is 5.26 Å². The minimum absolute atomic E-state index is 0.280. The molecule has 0 atom stereocenters. The fourth-order valence-corrected chi connectivity index (χ4v) is 3.95. The molecule has 0 spiro atoms. The Morgan fingerprint density at radius 1 is 1.17 bits per heavy atom. The first-order chi connectivity index (χ1) is 8.71. The second kappa shape index (κ2) is 4.42. The summed E-state index contributed by atoms with van der Waals surface area (Å²) in [5.74, 6) is 0. The molecule has 3 heteroatoms. The Hall–Kier alpha value is -1.30. The van der Waals surface area contributed by atoms with Gasteiger partial charge in [-0.05, 0) is 36.1 Å². The van der Waals surface area contributed by atoms with E-state index in [-0.39, 0.29) is 5.41 Å². The molecule has 1 aromatic carbocycles. The SMILES string of the molecule is N#CC1(Cc2ccc(Cl)s2)Cc2ccccc2C1. The van der Waals surface area contributed by atoms with Crippen molar-refractivity contribution in [3.8, 4) is 6.07 Å². The van der Waals surface area contributed by atoms with Crippen LogP contribution in [0, 0.1) is 16.7 Å². The number of hydrogen-bond donors (Lipinski definition) is 0. The van der Waals surface area contributed by atoms with Crippen molar-refractivity contribution in [3.05, 3.63) is 56.7 Å². The Morgan fingerprint density at radius 2 is 1.83 bits per heavy atom. The predicted octanol–water partition coefficient (Wildman–Crippen LogP) is 4.25. The smallest absolute Gasteiger partial charge is 0.0931 e. The first-order valence-corrected chi connectivity index (χ1v) is 7.12. The maximum atomic E-state index is 9.58. The van der Waals surface area contributed by atoms with Crippen LogP contribution in [0.4, 0.5) is 0 Å². The van der Waals surface area contributed by atoms with Gasteiger partial charge in [0.15, 0.2) is 0 Å². The highest BCUT2D eigenvalue weighted by Crippen LogP contribution is 2.40. The van der Waals surface area contributed by atoms with Crippen LogP contribution in [0.25, 0.3) is 0 Å². The predicted molar refractivity (Wildman–Crippen MR) is 74.9 cm³/mol. The van der Waals surface area contributed by atoms with Crippen molar-refractivity contribution in [2.75, 3.05) is 0 Å². The van der Waals surface area contributed by atoms with Crippen LogP contribution in [0.3, 0.4) is 0 Å². The highest BCUT2D eigenvalue weighted by molar-refractivity contribution is 7.16. The summed E-state index contributed by atoms with van der Waals surface area (Å²) in [6, 6.07) is 14.9. The third-order valence-electron chi connectivity index (χ3n) is 3.55. The number of rotatable bonds is 2. The number of thiophene rings is 1. The van der Waals surface area contributed by atoms with Gasteiger partial charge >= 0.3 is 0 Å². The number of nitrogens with zero attached hydrogens (tertiary/aromatic N) is 1. The summed E-state index contributed by atoms with van der Waals surface area (Å²) in [7, 11) is 0. The zero-order valence-corrected chi connectivity index (χ0v) is 11.4. The molecular weight excluding hydrogens is 262 g/mol. The quantitative estimate of drug-likeness (QED) is 0.802. The molecule has 1 aliphatic rings. The monoisotopic (exact) mass is 273 g/mol. The van der Waals surface area contributed by atoms with Crippen molar-refractivity contribution < 1.29 is 0 Å². The molecule has 1 aliphatic carbocycles. The number of benzene rings is 1. The molecule has 1 aromatic heterocycles. The standard InChI is InChI=1S/C15H12ClNS/c16-14-6-5-13(18-14)9-15(10-17)7-11-3-1-2-4-12(11)8-15/h1-6H,7-9H2. The van der Waals surface area contributed by atoms with Gasteiger partial charge in [-0.3, -0.25) is 0 Å². The van der Waals surface area contributed by atoms with Crippen molar-refractivity contribution in [1.82, 2.24) is 0 Å². The van der Waals surface area contributed by atoms with Gasteiger partial charge in [0.1, 0.15) is 0 Å². The Balaban J connectivity index is 1.89. The van der Waals surface area contributed by atoms with Gasteiger partial charge in [0.05, 0.1) is 15.8 Å². The Labute approximate surface area is 116 Å². The lowest BCUT2D eigenvalue weighted by atomic mass is 9.82. The molecule has 0 bridgehead atoms. The van der Waals surface area contributed by atoms with Crippen molar-refractivity contribution >= 4 is 22.9 Å². The lowest BCUT2D eigenvalue weighted by Gasteiger charge is -2.18. The van der Waals surface area contributed by atoms with E-state index in [2.05, 4.69) is 18.2 Å². The molecular formula is C15H12ClNS. The molecule has 1 nitrogen and oxygen atoms in total. The molecule has 1 heterocycles. The van der Waals surface area contributed by atoms with E-state index in [1.807, 2.05) is 24.3 Å². The Bertz CT molecular complexity index is 598. The number of halogens is 1. The van der Waals surface area contributed by atoms with Gasteiger partial charge in [-0.1, -0.05) is 35.9 Å². The van der Waals surface area contributed by atoms with Crippen molar-refractivity contribution in [3.63, 3.8) is 0 Å². The van der Waals surface area contributed by atoms with Gasteiger partial charge in [0, 0.05) is 11.3 Å². The molecule has 0 amide bonds. The first-order valence-electron chi connectivity index (χ1n) is 5.93. The van der Waals surface area contributed by atoms with Gasteiger partial charge in [0.2, 0.25) is 0 Å². The second-order valence-corrected chi connectivity index (χ2v) is 6.70. The maximum Gasteiger partial charge on any atom is 0.0931 e. The van der Waals surface area contributed by atoms with Crippen molar-refractivity contribution in [2.45, 2.75) is 19.3 Å². The lowest BCUT2D eigenvalue weighted by Crippen LogP contribution is -2.21. The van der Waals surface area contributed by atoms with Crippen LogP contribution in [0.15, 0.2) is 36.4 Å². The molecule has 0 radical (unpaired) electrons. The van der Waals surface area contributed by atoms with Crippen LogP contribution in [0.1, 0.15) is 16.0 Å². The molecule has 0 aliphatic heterocycles. The van der Waals surface area contributed by atoms with E-state index in [1.165, 1.54) is 16.0 Å². The molecule has 2 aromatic rings. The number of fused-ring (bicyclic) bond motifs is 1. The Morgan fingerprint density at radius 3 is 2.33 bits per heavy atom. The number of hydrogen-bond acceptors (Lipinski definition) is 2. The topological polar surface area (TPSA) is 23.8 Å². The van der Waals surface area contributed by atoms with E-state index in [0.717, 1.165) is 23.6 Å². The maximum absolute atomic E-state index is 9.58. The van der Waals surface area contributed by atoms with E-state index in [1.54, 1.807) is 11.3 Å². The van der Waals surface area contributed by atoms with Crippen molar-refractivity contribution in [1.29, 1.82) is 5.26 Å². The summed E-state index contributed by atoms with van der Waals surface area (Å²) >= 11 is 7.54. The summed E-state index contributed by atoms with van der Waals surface area (Å²) in [5.41, 5.74) is 2.36. The molecule has 3 rings (SSSR count). The largest absolute Gasteiger partial charge is 0.198 e. The zero-order chi connectivity index (χ0) is 12.6. The van der Waals surface area contributed by atoms with Crippen LogP contribution < -0.4 is 0 Å². The highest BCUT2D eigenvalue weighted by atomic mass is 35.5. The second-order valence-electron chi connectivity index (χ2n) is 4.90. The minimum Gasteiger partial charge on any atom is -0.198 e. The molecule has 18 heavy (non-hydrogen) atoms. The first kappa shape index (κ1) is 11.8. The number of nitriles is 1. The van der Waals surface area contributed by atoms with E-state index in [4.69, 9.17) is 11.6 Å². The summed E-state index contributed by atoms with van der Waals surface area (Å²) in [6.07, 6.45) is 2.51. The van der Waals surface area contributed by atoms with Crippen LogP contribution >= 0.6 is 22.9 Å². The summed E-state index contributed by atoms with van der Waals surface area (Å²) < 4.78 is 0.800. The lowest BCUT2D eigenvalue weighted by molar-refractivity contribution is 0.421. The summed E-state index contributed by atoms with van der Waals surface area (Å²) in [6.45, 7) is 0. The van der Waals surface area contributed by atoms with E-state index in [0.29, 0.717) is 0 Å². The molecule has 90 valence electrons. The summed E-state index contributed by atoms with van der Waals surface area (Å²) in [5, 5.41) is 9.58. The van der Waals surface area contributed by atoms with E-state index in [9.17, 15) is 5.26 Å². The average Bonchev–Trinajstić information content (AvgIpc) is 2.93. The molecule has 0 saturated carbocycles. The average molecular weight is 274 g/mol. The highest BCUT2D eigenvalue weighted by Gasteiger charge is 2.37. The third-order valence-corrected chi connectivity index (χ3v) is 4.79. The van der Waals surface area contributed by atoms with E-state index < -0.39 is 0 Å². The van der Waals surface area contributed by atoms with Crippen LogP contribution in [-0.2, 0) is 19.3 Å². The van der Waals surface area contributed by atoms with Gasteiger partial charge in [-0.25, -0.2) is 0 Å². The zero-order valence-electron chi connectivity index (χ0n) is 9.82. The molecule has 0 N–H and O–H groups in total. The van der Waals surface area contributed by atoms with Crippen LogP contribution in [-0.4, -0.2) is 0 Å². The van der Waals surface area contributed by atoms with Gasteiger partial charge < -0.3 is 0 Å². The van der Waals surface area contributed by atoms with Crippen LogP contribution in [0.2, 0.25) is 4.34 Å². The molecule has 0 saturated heterocycles. The minimum atomic E-state index is -0.280. The van der Waals surface area contributed by atoms with Crippen LogP contribution in [0.5, 0.6) is 0 Å². The Kier molecular flexibility index (Phi) is 2.89. The van der Waals surface area contributed by atoms with E-state index >= 15 is 0 Å². The van der Waals surface area contributed by atoms with Crippen molar-refractivity contribution in [2.24, 2.45) is 5.41 Å².